The molecule has 0 fully saturated rings. The van der Waals surface area contributed by atoms with E-state index in [0.29, 0.717) is 0 Å². The molecule has 0 bridgehead atoms. The third-order valence-corrected chi connectivity index (χ3v) is 18.6. The average Bonchev–Trinajstić information content (AvgIpc) is 0.715. The number of hydrogen-bond donors (Lipinski definition) is 0. The second-order valence-corrected chi connectivity index (χ2v) is 23.4. The highest BCUT2D eigenvalue weighted by Gasteiger charge is 2.48. The quantitative estimate of drug-likeness (QED) is 0.126. The molecule has 0 saturated heterocycles. The van der Waals surface area contributed by atoms with Crippen LogP contribution in [0.4, 0.5) is 68.2 Å². The average molecular weight is 1110 g/mol. The molecule has 4 heterocycles. The molecular formula is C78H52B2N4OS. The van der Waals surface area contributed by atoms with Crippen molar-refractivity contribution in [3.63, 3.8) is 0 Å². The van der Waals surface area contributed by atoms with Crippen LogP contribution in [0.3, 0.4) is 0 Å². The van der Waals surface area contributed by atoms with Crippen molar-refractivity contribution in [1.82, 2.24) is 0 Å². The van der Waals surface area contributed by atoms with Gasteiger partial charge in [-0.05, 0) is 136 Å². The van der Waals surface area contributed by atoms with E-state index in [2.05, 4.69) is 335 Å². The highest BCUT2D eigenvalue weighted by molar-refractivity contribution is 8.00. The molecule has 4 aliphatic rings. The lowest BCUT2D eigenvalue weighted by atomic mass is 9.31. The van der Waals surface area contributed by atoms with Crippen LogP contribution in [0, 0.1) is 0 Å². The Morgan fingerprint density at radius 2 is 0.756 bits per heavy atom. The van der Waals surface area contributed by atoms with Crippen molar-refractivity contribution in [1.29, 1.82) is 0 Å². The molecule has 4 aliphatic heterocycles. The fourth-order valence-electron chi connectivity index (χ4n) is 13.9. The van der Waals surface area contributed by atoms with Gasteiger partial charge in [0.15, 0.2) is 0 Å². The van der Waals surface area contributed by atoms with E-state index in [1.165, 1.54) is 42.6 Å². The summed E-state index contributed by atoms with van der Waals surface area (Å²) < 4.78 is 7.15. The van der Waals surface area contributed by atoms with Crippen molar-refractivity contribution < 1.29 is 4.74 Å². The normalized spacial score (nSPS) is 12.8. The first-order chi connectivity index (χ1) is 42.7. The van der Waals surface area contributed by atoms with E-state index in [-0.39, 0.29) is 13.4 Å². The monoisotopic (exact) mass is 1110 g/mol. The lowest BCUT2D eigenvalue weighted by molar-refractivity contribution is 0.486. The Balaban J connectivity index is 0.994. The minimum Gasteiger partial charge on any atom is -0.458 e. The number of anilines is 12. The smallest absolute Gasteiger partial charge is 0.253 e. The highest BCUT2D eigenvalue weighted by atomic mass is 32.2. The van der Waals surface area contributed by atoms with Crippen molar-refractivity contribution in [2.45, 2.75) is 9.79 Å². The molecule has 0 spiro atoms. The maximum absolute atomic E-state index is 7.15. The topological polar surface area (TPSA) is 22.2 Å². The number of para-hydroxylation sites is 8. The van der Waals surface area contributed by atoms with Gasteiger partial charge in [0, 0.05) is 78.2 Å². The Bertz CT molecular complexity index is 4600. The van der Waals surface area contributed by atoms with E-state index in [9.17, 15) is 0 Å². The summed E-state index contributed by atoms with van der Waals surface area (Å²) in [6.07, 6.45) is 0. The van der Waals surface area contributed by atoms with Gasteiger partial charge >= 0.3 is 0 Å². The van der Waals surface area contributed by atoms with Crippen LogP contribution >= 0.6 is 11.8 Å². The molecular weight excluding hydrogens is 1060 g/mol. The van der Waals surface area contributed by atoms with Crippen molar-refractivity contribution in [3.05, 3.63) is 315 Å². The van der Waals surface area contributed by atoms with Crippen LogP contribution in [-0.2, 0) is 0 Å². The fourth-order valence-corrected chi connectivity index (χ4v) is 15.1. The Hall–Kier alpha value is -10.7. The Morgan fingerprint density at radius 1 is 0.291 bits per heavy atom. The van der Waals surface area contributed by atoms with Gasteiger partial charge in [0.2, 0.25) is 0 Å². The molecule has 0 aliphatic carbocycles. The second kappa shape index (κ2) is 20.6. The summed E-state index contributed by atoms with van der Waals surface area (Å²) in [5.74, 6) is 1.76. The third-order valence-electron chi connectivity index (χ3n) is 17.5. The molecule has 0 N–H and O–H groups in total. The lowest BCUT2D eigenvalue weighted by Crippen LogP contribution is -2.64. The zero-order chi connectivity index (χ0) is 56.7. The Morgan fingerprint density at radius 3 is 1.33 bits per heavy atom. The van der Waals surface area contributed by atoms with E-state index in [1.807, 2.05) is 11.8 Å². The number of nitrogens with zero attached hydrogens (tertiary/aromatic N) is 4. The van der Waals surface area contributed by atoms with Crippen molar-refractivity contribution in [2.24, 2.45) is 0 Å². The molecule has 0 amide bonds. The van der Waals surface area contributed by atoms with Gasteiger partial charge in [-0.15, -0.1) is 0 Å². The van der Waals surface area contributed by atoms with Crippen LogP contribution < -0.4 is 57.1 Å². The van der Waals surface area contributed by atoms with Crippen molar-refractivity contribution in [3.8, 4) is 33.8 Å². The van der Waals surface area contributed by atoms with E-state index in [1.54, 1.807) is 0 Å². The first-order valence-electron chi connectivity index (χ1n) is 29.5. The lowest BCUT2D eigenvalue weighted by Gasteiger charge is -2.46. The van der Waals surface area contributed by atoms with Crippen LogP contribution in [0.2, 0.25) is 0 Å². The van der Waals surface area contributed by atoms with Gasteiger partial charge < -0.3 is 24.3 Å². The number of fused-ring (bicyclic) bond motifs is 8. The summed E-state index contributed by atoms with van der Waals surface area (Å²) in [6, 6.07) is 115. The summed E-state index contributed by atoms with van der Waals surface area (Å²) in [5.41, 5.74) is 25.1. The number of rotatable bonds is 10. The van der Waals surface area contributed by atoms with Gasteiger partial charge in [-0.3, -0.25) is 0 Å². The molecule has 0 unspecified atom stereocenters. The van der Waals surface area contributed by atoms with Crippen LogP contribution in [-0.4, -0.2) is 13.4 Å². The first-order valence-corrected chi connectivity index (χ1v) is 30.3. The minimum absolute atomic E-state index is 0.111. The molecule has 0 radical (unpaired) electrons. The largest absolute Gasteiger partial charge is 0.458 e. The predicted octanol–water partition coefficient (Wildman–Crippen LogP) is 17.1. The molecule has 13 aromatic rings. The predicted molar refractivity (Wildman–Crippen MR) is 362 cm³/mol. The zero-order valence-corrected chi connectivity index (χ0v) is 47.6. The molecule has 13 aromatic carbocycles. The molecule has 5 nitrogen and oxygen atoms in total. The standard InChI is InChI=1S/C78H52B2N4OS/c1-8-27-53(28-9-1)62-41-26-42-63(54-29-10-2-11-30-54)78(62)84-69-52-74-67(80-65-44-23-25-46-72(65)85-73-49-61(50-75(86-74)77(73)80)82(57-35-16-5-17-36-57)58-37-18-6-19-38-58)51-66(69)79-64-43-22-24-45-68(64)83(59-39-20-7-21-40-59)70-47-60(48-71(84)76(70)79)81(55-31-12-3-13-32-55)56-33-14-4-15-34-56/h1-52H. The molecule has 402 valence electrons. The van der Waals surface area contributed by atoms with Gasteiger partial charge in [-0.1, -0.05) is 230 Å². The second-order valence-electron chi connectivity index (χ2n) is 22.3. The third kappa shape index (κ3) is 8.12. The van der Waals surface area contributed by atoms with Crippen LogP contribution in [0.15, 0.2) is 325 Å². The van der Waals surface area contributed by atoms with Gasteiger partial charge in [-0.25, -0.2) is 0 Å². The van der Waals surface area contributed by atoms with E-state index < -0.39 is 0 Å². The fraction of sp³-hybridized carbons (Fsp3) is 0. The van der Waals surface area contributed by atoms with Crippen LogP contribution in [0.25, 0.3) is 22.3 Å². The van der Waals surface area contributed by atoms with Gasteiger partial charge in [0.1, 0.15) is 11.5 Å². The molecule has 0 saturated carbocycles. The summed E-state index contributed by atoms with van der Waals surface area (Å²) >= 11 is 1.86. The summed E-state index contributed by atoms with van der Waals surface area (Å²) in [4.78, 5) is 12.3. The van der Waals surface area contributed by atoms with Gasteiger partial charge in [-0.2, -0.15) is 0 Å². The maximum atomic E-state index is 7.15. The summed E-state index contributed by atoms with van der Waals surface area (Å²) in [7, 11) is 0. The van der Waals surface area contributed by atoms with E-state index in [0.717, 1.165) is 102 Å². The SMILES string of the molecule is c1ccc(-c2cccc(-c3ccccc3)c2N2c3cc4c(cc3B3c5ccccc5N(c5ccccc5)c5cc(N(c6ccccc6)c6ccccc6)cc2c53)B2c3ccccc3Oc3cc(N(c5ccccc5)c5ccccc5)cc(c32)S4)cc1. The van der Waals surface area contributed by atoms with Crippen molar-refractivity contribution in [2.75, 3.05) is 19.6 Å². The molecule has 17 rings (SSSR count). The number of hydrogen-bond acceptors (Lipinski definition) is 6. The van der Waals surface area contributed by atoms with Crippen molar-refractivity contribution >= 4 is 126 Å². The molecule has 86 heavy (non-hydrogen) atoms. The Kier molecular flexibility index (Phi) is 12.0. The minimum atomic E-state index is -0.165. The molecule has 0 atom stereocenters. The maximum Gasteiger partial charge on any atom is 0.253 e. The summed E-state index contributed by atoms with van der Waals surface area (Å²) in [5, 5.41) is 0. The number of benzene rings is 13. The molecule has 0 aromatic heterocycles. The zero-order valence-electron chi connectivity index (χ0n) is 46.8. The van der Waals surface area contributed by atoms with Crippen LogP contribution in [0.5, 0.6) is 11.5 Å². The van der Waals surface area contributed by atoms with Crippen LogP contribution in [0.1, 0.15) is 0 Å². The summed E-state index contributed by atoms with van der Waals surface area (Å²) in [6.45, 7) is -0.276. The first kappa shape index (κ1) is 49.9. The van der Waals surface area contributed by atoms with E-state index in [4.69, 9.17) is 4.74 Å². The highest BCUT2D eigenvalue weighted by Crippen LogP contribution is 2.53. The van der Waals surface area contributed by atoms with Gasteiger partial charge in [0.25, 0.3) is 13.4 Å². The number of ether oxygens (including phenoxy) is 1. The van der Waals surface area contributed by atoms with E-state index >= 15 is 0 Å². The molecule has 8 heteroatoms. The van der Waals surface area contributed by atoms with Gasteiger partial charge in [0.05, 0.1) is 17.1 Å². The Labute approximate surface area is 506 Å².